The number of ether oxygens (including phenoxy) is 5. The van der Waals surface area contributed by atoms with Crippen LogP contribution in [0.15, 0.2) is 54.6 Å². The zero-order chi connectivity index (χ0) is 31.2. The van der Waals surface area contributed by atoms with Crippen molar-refractivity contribution in [1.82, 2.24) is 10.2 Å². The van der Waals surface area contributed by atoms with Crippen molar-refractivity contribution in [3.63, 3.8) is 0 Å². The van der Waals surface area contributed by atoms with Crippen LogP contribution in [0.1, 0.15) is 46.8 Å². The first kappa shape index (κ1) is 30.9. The molecule has 44 heavy (non-hydrogen) atoms. The first-order chi connectivity index (χ1) is 21.3. The van der Waals surface area contributed by atoms with E-state index in [0.29, 0.717) is 65.9 Å². The highest BCUT2D eigenvalue weighted by Gasteiger charge is 2.34. The molecule has 2 atom stereocenters. The Bertz CT molecular complexity index is 1540. The number of hydrogen-bond donors (Lipinski definition) is 1. The second kappa shape index (κ2) is 13.8. The maximum absolute atomic E-state index is 13.6. The van der Waals surface area contributed by atoms with Gasteiger partial charge in [0.2, 0.25) is 11.8 Å². The summed E-state index contributed by atoms with van der Waals surface area (Å²) in [6, 6.07) is 16.2. The molecular formula is C34H38N2O8. The Morgan fingerprint density at radius 1 is 0.932 bits per heavy atom. The third-order valence-electron chi connectivity index (χ3n) is 8.04. The predicted octanol–water partition coefficient (Wildman–Crippen LogP) is 4.50. The minimum absolute atomic E-state index is 0.00799. The third kappa shape index (κ3) is 7.14. The SMILES string of the molecule is COc1cc(CC(=O)N2CC[C@H]3OCc4cccc(c4)Oc4cc(ccc4OC)CCC(=O)N[C@H]3C2)c(C(C)=O)cc1OC. The summed E-state index contributed by atoms with van der Waals surface area (Å²) in [6.45, 7) is 2.51. The van der Waals surface area contributed by atoms with Crippen LogP contribution in [0.2, 0.25) is 0 Å². The zero-order valence-corrected chi connectivity index (χ0v) is 25.5. The quantitative estimate of drug-likeness (QED) is 0.411. The maximum atomic E-state index is 13.6. The summed E-state index contributed by atoms with van der Waals surface area (Å²) >= 11 is 0. The number of Topliss-reactive ketones (excluding diaryl/α,β-unsaturated/α-hetero) is 1. The van der Waals surface area contributed by atoms with Gasteiger partial charge in [-0.2, -0.15) is 0 Å². The molecule has 0 radical (unpaired) electrons. The summed E-state index contributed by atoms with van der Waals surface area (Å²) in [6.07, 6.45) is 1.00. The maximum Gasteiger partial charge on any atom is 0.227 e. The Hall–Kier alpha value is -4.57. The molecule has 3 aromatic carbocycles. The summed E-state index contributed by atoms with van der Waals surface area (Å²) in [7, 11) is 4.60. The molecule has 232 valence electrons. The highest BCUT2D eigenvalue weighted by atomic mass is 16.5. The van der Waals surface area contributed by atoms with Crippen LogP contribution in [0, 0.1) is 0 Å². The Kier molecular flexibility index (Phi) is 9.69. The fourth-order valence-corrected chi connectivity index (χ4v) is 5.69. The van der Waals surface area contributed by atoms with Gasteiger partial charge in [-0.1, -0.05) is 18.2 Å². The molecule has 2 aliphatic heterocycles. The van der Waals surface area contributed by atoms with E-state index in [1.54, 1.807) is 24.1 Å². The van der Waals surface area contributed by atoms with E-state index >= 15 is 0 Å². The van der Waals surface area contributed by atoms with E-state index in [2.05, 4.69) is 5.32 Å². The topological polar surface area (TPSA) is 113 Å². The van der Waals surface area contributed by atoms with Gasteiger partial charge in [-0.15, -0.1) is 0 Å². The molecule has 2 amide bonds. The molecule has 0 aliphatic carbocycles. The molecule has 10 heteroatoms. The van der Waals surface area contributed by atoms with Crippen LogP contribution in [0.3, 0.4) is 0 Å². The molecule has 1 fully saturated rings. The average Bonchev–Trinajstić information content (AvgIpc) is 3.02. The van der Waals surface area contributed by atoms with Crippen LogP contribution in [0.25, 0.3) is 0 Å². The zero-order valence-electron chi connectivity index (χ0n) is 25.5. The molecule has 1 N–H and O–H groups in total. The second-order valence-electron chi connectivity index (χ2n) is 11.0. The van der Waals surface area contributed by atoms with Crippen LogP contribution < -0.4 is 24.3 Å². The number of methoxy groups -OCH3 is 3. The van der Waals surface area contributed by atoms with Crippen molar-refractivity contribution in [2.24, 2.45) is 0 Å². The lowest BCUT2D eigenvalue weighted by molar-refractivity contribution is -0.136. The highest BCUT2D eigenvalue weighted by molar-refractivity contribution is 5.97. The largest absolute Gasteiger partial charge is 0.493 e. The number of amides is 2. The molecule has 3 aromatic rings. The minimum Gasteiger partial charge on any atom is -0.493 e. The molecule has 5 rings (SSSR count). The minimum atomic E-state index is -0.408. The van der Waals surface area contributed by atoms with Crippen LogP contribution >= 0.6 is 0 Å². The number of carbonyl (C=O) groups excluding carboxylic acids is 3. The lowest BCUT2D eigenvalue weighted by Gasteiger charge is -2.39. The standard InChI is InChI=1S/C34H38N2O8/c1-21(37)26-18-31(42-4)30(41-3)16-24(26)17-34(39)36-13-12-28-27(19-36)35-33(38)11-9-22-8-10-29(40-2)32(15-22)44-25-7-5-6-23(14-25)20-43-28/h5-8,10,14-16,18,27-28H,9,11-13,17,19-20H2,1-4H3,(H,35,38)/t27-,28+/m0/s1. The Morgan fingerprint density at radius 2 is 1.70 bits per heavy atom. The molecule has 2 heterocycles. The summed E-state index contributed by atoms with van der Waals surface area (Å²) in [5.74, 6) is 2.24. The van der Waals surface area contributed by atoms with Crippen molar-refractivity contribution >= 4 is 17.6 Å². The number of carbonyl (C=O) groups is 3. The molecular weight excluding hydrogens is 564 g/mol. The van der Waals surface area contributed by atoms with Crippen LogP contribution in [0.5, 0.6) is 28.7 Å². The number of nitrogens with zero attached hydrogens (tertiary/aromatic N) is 1. The van der Waals surface area contributed by atoms with Crippen molar-refractivity contribution in [2.75, 3.05) is 34.4 Å². The van der Waals surface area contributed by atoms with Gasteiger partial charge in [-0.05, 0) is 72.9 Å². The first-order valence-electron chi connectivity index (χ1n) is 14.7. The monoisotopic (exact) mass is 602 g/mol. The van der Waals surface area contributed by atoms with Gasteiger partial charge in [-0.25, -0.2) is 0 Å². The molecule has 0 aromatic heterocycles. The number of ketones is 1. The number of fused-ring (bicyclic) bond motifs is 5. The van der Waals surface area contributed by atoms with Gasteiger partial charge in [0.1, 0.15) is 5.75 Å². The molecule has 4 bridgehead atoms. The molecule has 2 aliphatic rings. The van der Waals surface area contributed by atoms with Gasteiger partial charge in [0.15, 0.2) is 28.8 Å². The van der Waals surface area contributed by atoms with E-state index in [1.165, 1.54) is 21.1 Å². The molecule has 0 saturated carbocycles. The molecule has 1 saturated heterocycles. The Labute approximate surface area is 257 Å². The summed E-state index contributed by atoms with van der Waals surface area (Å²) in [5.41, 5.74) is 2.82. The molecule has 0 spiro atoms. The van der Waals surface area contributed by atoms with Crippen molar-refractivity contribution in [3.8, 4) is 28.7 Å². The average molecular weight is 603 g/mol. The number of benzene rings is 3. The van der Waals surface area contributed by atoms with Gasteiger partial charge in [-0.3, -0.25) is 14.4 Å². The van der Waals surface area contributed by atoms with Crippen molar-refractivity contribution in [3.05, 3.63) is 76.9 Å². The lowest BCUT2D eigenvalue weighted by atomic mass is 9.97. The van der Waals surface area contributed by atoms with E-state index in [0.717, 1.165) is 11.1 Å². The Balaban J connectivity index is 1.36. The van der Waals surface area contributed by atoms with E-state index in [-0.39, 0.29) is 43.1 Å². The molecule has 10 nitrogen and oxygen atoms in total. The number of rotatable bonds is 6. The predicted molar refractivity (Wildman–Crippen MR) is 163 cm³/mol. The van der Waals surface area contributed by atoms with Gasteiger partial charge < -0.3 is 33.9 Å². The summed E-state index contributed by atoms with van der Waals surface area (Å²) in [4.78, 5) is 40.9. The fraction of sp³-hybridized carbons (Fsp3) is 0.382. The van der Waals surface area contributed by atoms with E-state index in [1.807, 2.05) is 42.5 Å². The van der Waals surface area contributed by atoms with Crippen LogP contribution in [0.4, 0.5) is 0 Å². The smallest absolute Gasteiger partial charge is 0.227 e. The van der Waals surface area contributed by atoms with Crippen LogP contribution in [-0.2, 0) is 33.8 Å². The normalized spacial score (nSPS) is 18.5. The number of nitrogens with one attached hydrogen (secondary N) is 1. The number of hydrogen-bond acceptors (Lipinski definition) is 8. The number of aryl methyl sites for hydroxylation is 1. The van der Waals surface area contributed by atoms with Gasteiger partial charge in [0, 0.05) is 25.1 Å². The lowest BCUT2D eigenvalue weighted by Crippen LogP contribution is -2.57. The second-order valence-corrected chi connectivity index (χ2v) is 11.0. The van der Waals surface area contributed by atoms with Gasteiger partial charge in [0.05, 0.1) is 46.5 Å². The number of likely N-dealkylation sites (tertiary alicyclic amines) is 1. The summed E-state index contributed by atoms with van der Waals surface area (Å²) < 4.78 is 28.8. The first-order valence-corrected chi connectivity index (χ1v) is 14.7. The van der Waals surface area contributed by atoms with Crippen LogP contribution in [-0.4, -0.2) is 69.1 Å². The van der Waals surface area contributed by atoms with E-state index in [9.17, 15) is 14.4 Å². The van der Waals surface area contributed by atoms with E-state index in [4.69, 9.17) is 23.7 Å². The number of piperidine rings is 1. The molecule has 0 unspecified atom stereocenters. The van der Waals surface area contributed by atoms with E-state index < -0.39 is 6.04 Å². The summed E-state index contributed by atoms with van der Waals surface area (Å²) in [5, 5.41) is 3.13. The van der Waals surface area contributed by atoms with Crippen molar-refractivity contribution in [2.45, 2.75) is 51.4 Å². The third-order valence-corrected chi connectivity index (χ3v) is 8.04. The van der Waals surface area contributed by atoms with Crippen molar-refractivity contribution < 1.29 is 38.1 Å². The van der Waals surface area contributed by atoms with Gasteiger partial charge >= 0.3 is 0 Å². The van der Waals surface area contributed by atoms with Crippen molar-refractivity contribution in [1.29, 1.82) is 0 Å². The fourth-order valence-electron chi connectivity index (χ4n) is 5.69. The van der Waals surface area contributed by atoms with Gasteiger partial charge in [0.25, 0.3) is 0 Å². The highest BCUT2D eigenvalue weighted by Crippen LogP contribution is 2.34. The Morgan fingerprint density at radius 3 is 2.45 bits per heavy atom.